The van der Waals surface area contributed by atoms with Gasteiger partial charge in [-0.3, -0.25) is 9.62 Å². The van der Waals surface area contributed by atoms with E-state index in [1.165, 1.54) is 12.1 Å². The Morgan fingerprint density at radius 2 is 1.85 bits per heavy atom. The summed E-state index contributed by atoms with van der Waals surface area (Å²) in [5.74, 6) is -2.59. The van der Waals surface area contributed by atoms with E-state index in [0.29, 0.717) is 26.0 Å². The normalized spacial score (nSPS) is 16.5. The summed E-state index contributed by atoms with van der Waals surface area (Å²) in [6, 6.07) is 5.69. The molecule has 0 bridgehead atoms. The number of benzene rings is 2. The summed E-state index contributed by atoms with van der Waals surface area (Å²) >= 11 is 0. The van der Waals surface area contributed by atoms with Gasteiger partial charge in [0.05, 0.1) is 17.1 Å². The summed E-state index contributed by atoms with van der Waals surface area (Å²) in [4.78, 5) is 11.5. The number of hydrogen-bond donors (Lipinski definition) is 2. The van der Waals surface area contributed by atoms with Gasteiger partial charge < -0.3 is 15.2 Å². The zero-order valence-corrected chi connectivity index (χ0v) is 18.6. The number of amides is 1. The summed E-state index contributed by atoms with van der Waals surface area (Å²) in [7, 11) is -4.45. The van der Waals surface area contributed by atoms with Crippen LogP contribution in [0.3, 0.4) is 0 Å². The van der Waals surface area contributed by atoms with E-state index in [9.17, 15) is 35.2 Å². The number of anilines is 2. The van der Waals surface area contributed by atoms with Crippen LogP contribution in [0.5, 0.6) is 5.75 Å². The summed E-state index contributed by atoms with van der Waals surface area (Å²) in [5.41, 5.74) is 2.61. The highest BCUT2D eigenvalue weighted by atomic mass is 32.2. The van der Waals surface area contributed by atoms with Crippen LogP contribution in [0, 0.1) is 11.6 Å². The molecule has 1 atom stereocenters. The molecule has 2 aromatic carbocycles. The monoisotopic (exact) mass is 509 g/mol. The Morgan fingerprint density at radius 1 is 1.18 bits per heavy atom. The van der Waals surface area contributed by atoms with E-state index in [1.54, 1.807) is 0 Å². The first-order valence-corrected chi connectivity index (χ1v) is 11.1. The SMILES string of the molecule is CC(C)(OC(=O)Nc1ccc2c(c1)N(S(=O)(=O)c1ccc(F)c(F)c1)C[C@H](CN)O2)C(F)(F)F. The number of rotatable bonds is 5. The molecule has 1 heterocycles. The molecule has 0 saturated carbocycles. The number of nitrogens with zero attached hydrogens (tertiary/aromatic N) is 1. The number of fused-ring (bicyclic) bond motifs is 1. The first-order chi connectivity index (χ1) is 15.7. The zero-order valence-electron chi connectivity index (χ0n) is 17.8. The number of alkyl halides is 3. The first-order valence-electron chi connectivity index (χ1n) is 9.71. The number of ether oxygens (including phenoxy) is 2. The highest BCUT2D eigenvalue weighted by Gasteiger charge is 2.51. The molecule has 0 fully saturated rings. The molecule has 2 aromatic rings. The van der Waals surface area contributed by atoms with E-state index in [-0.39, 0.29) is 30.2 Å². The van der Waals surface area contributed by atoms with E-state index in [1.807, 2.05) is 0 Å². The third-order valence-corrected chi connectivity index (χ3v) is 6.69. The van der Waals surface area contributed by atoms with Crippen molar-refractivity contribution >= 4 is 27.5 Å². The maximum atomic E-state index is 13.7. The van der Waals surface area contributed by atoms with E-state index >= 15 is 0 Å². The van der Waals surface area contributed by atoms with Crippen molar-refractivity contribution in [1.29, 1.82) is 0 Å². The van der Waals surface area contributed by atoms with Gasteiger partial charge in [0.15, 0.2) is 11.6 Å². The van der Waals surface area contributed by atoms with Crippen LogP contribution >= 0.6 is 0 Å². The maximum Gasteiger partial charge on any atom is 0.427 e. The molecule has 8 nitrogen and oxygen atoms in total. The molecule has 0 aromatic heterocycles. The number of halogens is 5. The lowest BCUT2D eigenvalue weighted by Crippen LogP contribution is -2.46. The maximum absolute atomic E-state index is 13.7. The third-order valence-electron chi connectivity index (χ3n) is 4.91. The Labute approximate surface area is 191 Å². The second kappa shape index (κ2) is 8.91. The molecule has 0 aliphatic carbocycles. The van der Waals surface area contributed by atoms with Crippen molar-refractivity contribution in [2.24, 2.45) is 5.73 Å². The van der Waals surface area contributed by atoms with Crippen molar-refractivity contribution in [3.63, 3.8) is 0 Å². The Hall–Kier alpha value is -3.13. The second-order valence-corrected chi connectivity index (χ2v) is 9.66. The topological polar surface area (TPSA) is 111 Å². The van der Waals surface area contributed by atoms with E-state index < -0.39 is 50.5 Å². The van der Waals surface area contributed by atoms with Gasteiger partial charge >= 0.3 is 12.3 Å². The summed E-state index contributed by atoms with van der Waals surface area (Å²) in [5, 5.41) is 2.10. The average molecular weight is 509 g/mol. The van der Waals surface area contributed by atoms with Gasteiger partial charge in [-0.25, -0.2) is 22.0 Å². The lowest BCUT2D eigenvalue weighted by Gasteiger charge is -2.35. The molecule has 0 spiro atoms. The molecular weight excluding hydrogens is 489 g/mol. The van der Waals surface area contributed by atoms with E-state index in [0.717, 1.165) is 16.4 Å². The fourth-order valence-corrected chi connectivity index (χ4v) is 4.45. The van der Waals surface area contributed by atoms with Crippen LogP contribution in [-0.4, -0.2) is 45.5 Å². The van der Waals surface area contributed by atoms with Crippen molar-refractivity contribution < 1.29 is 44.6 Å². The van der Waals surface area contributed by atoms with Crippen molar-refractivity contribution in [2.75, 3.05) is 22.7 Å². The minimum absolute atomic E-state index is 0.0300. The van der Waals surface area contributed by atoms with Crippen LogP contribution in [-0.2, 0) is 14.8 Å². The minimum Gasteiger partial charge on any atom is -0.485 e. The predicted octanol–water partition coefficient (Wildman–Crippen LogP) is 3.77. The Balaban J connectivity index is 1.96. The van der Waals surface area contributed by atoms with Gasteiger partial charge in [0.2, 0.25) is 5.60 Å². The quantitative estimate of drug-likeness (QED) is 0.594. The molecular formula is C20H20F5N3O5S. The Morgan fingerprint density at radius 3 is 2.44 bits per heavy atom. The summed E-state index contributed by atoms with van der Waals surface area (Å²) < 4.78 is 103. The Bertz CT molecular complexity index is 1200. The largest absolute Gasteiger partial charge is 0.485 e. The minimum atomic E-state index is -4.83. The highest BCUT2D eigenvalue weighted by molar-refractivity contribution is 7.92. The van der Waals surface area contributed by atoms with Crippen LogP contribution in [0.1, 0.15) is 13.8 Å². The number of nitrogens with one attached hydrogen (secondary N) is 1. The first kappa shape index (κ1) is 25.5. The van der Waals surface area contributed by atoms with Gasteiger partial charge in [-0.2, -0.15) is 13.2 Å². The van der Waals surface area contributed by atoms with Crippen molar-refractivity contribution in [3.05, 3.63) is 48.0 Å². The number of carbonyl (C=O) groups is 1. The van der Waals surface area contributed by atoms with Crippen molar-refractivity contribution in [3.8, 4) is 5.75 Å². The predicted molar refractivity (Wildman–Crippen MR) is 111 cm³/mol. The Kier molecular flexibility index (Phi) is 6.68. The van der Waals surface area contributed by atoms with Gasteiger partial charge in [-0.15, -0.1) is 0 Å². The average Bonchev–Trinajstić information content (AvgIpc) is 2.73. The number of nitrogens with two attached hydrogens (primary N) is 1. The molecule has 1 amide bonds. The summed E-state index contributed by atoms with van der Waals surface area (Å²) in [6.07, 6.45) is -7.06. The molecule has 186 valence electrons. The van der Waals surface area contributed by atoms with E-state index in [2.05, 4.69) is 10.1 Å². The number of sulfonamides is 1. The van der Waals surface area contributed by atoms with Gasteiger partial charge in [0.25, 0.3) is 10.0 Å². The van der Waals surface area contributed by atoms with Crippen LogP contribution < -0.4 is 20.1 Å². The highest BCUT2D eigenvalue weighted by Crippen LogP contribution is 2.39. The van der Waals surface area contributed by atoms with Crippen LogP contribution in [0.15, 0.2) is 41.3 Å². The molecule has 1 aliphatic rings. The van der Waals surface area contributed by atoms with Crippen LogP contribution in [0.25, 0.3) is 0 Å². The van der Waals surface area contributed by atoms with Gasteiger partial charge in [-0.05, 0) is 50.2 Å². The second-order valence-electron chi connectivity index (χ2n) is 7.79. The van der Waals surface area contributed by atoms with E-state index in [4.69, 9.17) is 10.5 Å². The zero-order chi connectivity index (χ0) is 25.5. The molecule has 0 saturated heterocycles. The molecule has 0 unspecified atom stereocenters. The lowest BCUT2D eigenvalue weighted by molar-refractivity contribution is -0.242. The van der Waals surface area contributed by atoms with Crippen LogP contribution in [0.4, 0.5) is 38.1 Å². The molecule has 1 aliphatic heterocycles. The third kappa shape index (κ3) is 5.01. The standard InChI is InChI=1S/C20H20F5N3O5S/c1-19(2,20(23,24)25)33-18(29)27-11-3-6-17-16(7-11)28(10-12(9-26)32-17)34(30,31)13-4-5-14(21)15(22)8-13/h3-8,12H,9-10,26H2,1-2H3,(H,27,29)/t12-/m0/s1. The lowest BCUT2D eigenvalue weighted by atomic mass is 10.1. The molecule has 34 heavy (non-hydrogen) atoms. The smallest absolute Gasteiger partial charge is 0.427 e. The molecule has 3 rings (SSSR count). The fourth-order valence-electron chi connectivity index (χ4n) is 2.94. The molecule has 14 heteroatoms. The van der Waals surface area contributed by atoms with Crippen molar-refractivity contribution in [1.82, 2.24) is 0 Å². The van der Waals surface area contributed by atoms with Crippen LogP contribution in [0.2, 0.25) is 0 Å². The van der Waals surface area contributed by atoms with Gasteiger partial charge in [0.1, 0.15) is 11.9 Å². The molecule has 3 N–H and O–H groups in total. The molecule has 0 radical (unpaired) electrons. The van der Waals surface area contributed by atoms with Gasteiger partial charge in [-0.1, -0.05) is 0 Å². The number of carbonyl (C=O) groups excluding carboxylic acids is 1. The van der Waals surface area contributed by atoms with Crippen molar-refractivity contribution in [2.45, 2.75) is 36.6 Å². The summed E-state index contributed by atoms with van der Waals surface area (Å²) in [6.45, 7) is 0.939. The number of hydrogen-bond acceptors (Lipinski definition) is 6. The fraction of sp³-hybridized carbons (Fsp3) is 0.350. The van der Waals surface area contributed by atoms with Gasteiger partial charge in [0, 0.05) is 12.2 Å².